The fourth-order valence-electron chi connectivity index (χ4n) is 1.29. The molecular formula is C12H13NO4. The van der Waals surface area contributed by atoms with Crippen molar-refractivity contribution in [3.63, 3.8) is 0 Å². The van der Waals surface area contributed by atoms with Gasteiger partial charge in [0.1, 0.15) is 11.7 Å². The van der Waals surface area contributed by atoms with E-state index in [-0.39, 0.29) is 6.54 Å². The van der Waals surface area contributed by atoms with E-state index in [0.717, 1.165) is 0 Å². The van der Waals surface area contributed by atoms with E-state index in [1.54, 1.807) is 30.3 Å². The minimum Gasteiger partial charge on any atom is -0.481 e. The number of hydrogen-bond acceptors (Lipinski definition) is 3. The first kappa shape index (κ1) is 12.9. The maximum Gasteiger partial charge on any atom is 0.315 e. The molecule has 0 aliphatic carbocycles. The lowest BCUT2D eigenvalue weighted by Crippen LogP contribution is -2.36. The first-order chi connectivity index (χ1) is 8.02. The van der Waals surface area contributed by atoms with Gasteiger partial charge in [-0.3, -0.25) is 14.4 Å². The third kappa shape index (κ3) is 3.71. The maximum atomic E-state index is 11.6. The third-order valence-corrected chi connectivity index (χ3v) is 2.29. The number of carboxylic acid groups (broad SMARTS) is 1. The highest BCUT2D eigenvalue weighted by atomic mass is 16.4. The summed E-state index contributed by atoms with van der Waals surface area (Å²) in [7, 11) is 0. The molecule has 0 spiro atoms. The van der Waals surface area contributed by atoms with Crippen LogP contribution in [0, 0.1) is 5.92 Å². The number of carbonyl (C=O) groups is 3. The topological polar surface area (TPSA) is 83.5 Å². The maximum absolute atomic E-state index is 11.6. The number of amides is 1. The Labute approximate surface area is 98.4 Å². The fourth-order valence-corrected chi connectivity index (χ4v) is 1.29. The van der Waals surface area contributed by atoms with Crippen molar-refractivity contribution >= 4 is 17.7 Å². The van der Waals surface area contributed by atoms with Crippen LogP contribution >= 0.6 is 0 Å². The zero-order valence-electron chi connectivity index (χ0n) is 9.34. The summed E-state index contributed by atoms with van der Waals surface area (Å²) in [5.74, 6) is -3.29. The van der Waals surface area contributed by atoms with Gasteiger partial charge in [-0.25, -0.2) is 0 Å². The van der Waals surface area contributed by atoms with Crippen molar-refractivity contribution in [1.29, 1.82) is 0 Å². The smallest absolute Gasteiger partial charge is 0.315 e. The number of carboxylic acids is 1. The van der Waals surface area contributed by atoms with Crippen LogP contribution in [0.4, 0.5) is 0 Å². The number of nitrogens with one attached hydrogen (secondary N) is 1. The Morgan fingerprint density at radius 1 is 1.24 bits per heavy atom. The van der Waals surface area contributed by atoms with Gasteiger partial charge in [0, 0.05) is 12.1 Å². The van der Waals surface area contributed by atoms with E-state index in [4.69, 9.17) is 5.11 Å². The number of carbonyl (C=O) groups excluding carboxylic acids is 2. The van der Waals surface area contributed by atoms with Gasteiger partial charge in [-0.1, -0.05) is 18.2 Å². The Hall–Kier alpha value is -2.17. The minimum atomic E-state index is -1.23. The Bertz CT molecular complexity index is 413. The van der Waals surface area contributed by atoms with Crippen LogP contribution in [0.1, 0.15) is 17.3 Å². The molecule has 1 unspecified atom stereocenters. The van der Waals surface area contributed by atoms with E-state index in [1.807, 2.05) is 0 Å². The summed E-state index contributed by atoms with van der Waals surface area (Å²) in [6.45, 7) is 0.992. The van der Waals surface area contributed by atoms with Gasteiger partial charge in [0.2, 0.25) is 0 Å². The predicted octanol–water partition coefficient (Wildman–Crippen LogP) is 0.706. The zero-order valence-corrected chi connectivity index (χ0v) is 9.34. The van der Waals surface area contributed by atoms with Gasteiger partial charge < -0.3 is 10.4 Å². The molecule has 5 heteroatoms. The van der Waals surface area contributed by atoms with Crippen LogP contribution in [0.2, 0.25) is 0 Å². The molecule has 0 fully saturated rings. The second-order valence-electron chi connectivity index (χ2n) is 3.58. The van der Waals surface area contributed by atoms with Crippen molar-refractivity contribution in [3.8, 4) is 0 Å². The van der Waals surface area contributed by atoms with Gasteiger partial charge in [-0.15, -0.1) is 0 Å². The molecule has 0 saturated carbocycles. The van der Waals surface area contributed by atoms with Crippen molar-refractivity contribution in [3.05, 3.63) is 35.9 Å². The average Bonchev–Trinajstić information content (AvgIpc) is 2.29. The molecule has 1 atom stereocenters. The molecule has 1 aromatic carbocycles. The zero-order chi connectivity index (χ0) is 12.8. The average molecular weight is 235 g/mol. The third-order valence-electron chi connectivity index (χ3n) is 2.29. The van der Waals surface area contributed by atoms with Gasteiger partial charge >= 0.3 is 5.97 Å². The van der Waals surface area contributed by atoms with E-state index < -0.39 is 23.6 Å². The Balaban J connectivity index is 2.59. The molecule has 0 heterocycles. The monoisotopic (exact) mass is 235 g/mol. The molecule has 0 aliphatic heterocycles. The van der Waals surface area contributed by atoms with Gasteiger partial charge in [0.05, 0.1) is 0 Å². The Morgan fingerprint density at radius 2 is 1.82 bits per heavy atom. The summed E-state index contributed by atoms with van der Waals surface area (Å²) < 4.78 is 0. The van der Waals surface area contributed by atoms with Crippen LogP contribution in [0.5, 0.6) is 0 Å². The van der Waals surface area contributed by atoms with Crippen molar-refractivity contribution in [2.75, 3.05) is 6.54 Å². The van der Waals surface area contributed by atoms with E-state index >= 15 is 0 Å². The Morgan fingerprint density at radius 3 is 2.29 bits per heavy atom. The van der Waals surface area contributed by atoms with Gasteiger partial charge in [0.15, 0.2) is 0 Å². The normalized spacial score (nSPS) is 11.6. The van der Waals surface area contributed by atoms with Crippen LogP contribution in [-0.2, 0) is 9.59 Å². The fraction of sp³-hybridized carbons (Fsp3) is 0.250. The largest absolute Gasteiger partial charge is 0.481 e. The van der Waals surface area contributed by atoms with Crippen LogP contribution in [0.3, 0.4) is 0 Å². The van der Waals surface area contributed by atoms with Crippen molar-refractivity contribution in [1.82, 2.24) is 5.32 Å². The van der Waals surface area contributed by atoms with Crippen LogP contribution in [0.15, 0.2) is 30.3 Å². The highest BCUT2D eigenvalue weighted by Gasteiger charge is 2.23. The van der Waals surface area contributed by atoms with Crippen molar-refractivity contribution in [2.24, 2.45) is 5.92 Å². The number of aliphatic carboxylic acids is 1. The molecule has 0 saturated heterocycles. The van der Waals surface area contributed by atoms with Crippen molar-refractivity contribution < 1.29 is 19.5 Å². The number of Topliss-reactive ketones (excluding diaryl/α,β-unsaturated/α-hetero) is 1. The van der Waals surface area contributed by atoms with Gasteiger partial charge in [-0.05, 0) is 19.1 Å². The van der Waals surface area contributed by atoms with Gasteiger partial charge in [-0.2, -0.15) is 0 Å². The van der Waals surface area contributed by atoms with Gasteiger partial charge in [0.25, 0.3) is 5.91 Å². The molecule has 0 aliphatic rings. The second kappa shape index (κ2) is 5.79. The standard InChI is InChI=1S/C12H13NO4/c1-8(14)10(12(16)17)7-13-11(15)9-5-3-2-4-6-9/h2-6,10H,7H2,1H3,(H,13,15)(H,16,17). The summed E-state index contributed by atoms with van der Waals surface area (Å²) >= 11 is 0. The summed E-state index contributed by atoms with van der Waals surface area (Å²) in [4.78, 5) is 33.3. The highest BCUT2D eigenvalue weighted by Crippen LogP contribution is 2.00. The molecule has 0 bridgehead atoms. The number of rotatable bonds is 5. The lowest BCUT2D eigenvalue weighted by molar-refractivity contribution is -0.145. The molecule has 17 heavy (non-hydrogen) atoms. The number of benzene rings is 1. The van der Waals surface area contributed by atoms with E-state index in [9.17, 15) is 14.4 Å². The molecule has 1 rings (SSSR count). The SMILES string of the molecule is CC(=O)C(CNC(=O)c1ccccc1)C(=O)O. The Kier molecular flexibility index (Phi) is 4.39. The molecule has 0 aromatic heterocycles. The van der Waals surface area contributed by atoms with Crippen molar-refractivity contribution in [2.45, 2.75) is 6.92 Å². The van der Waals surface area contributed by atoms with Crippen LogP contribution in [-0.4, -0.2) is 29.3 Å². The minimum absolute atomic E-state index is 0.196. The molecule has 1 amide bonds. The molecule has 1 aromatic rings. The number of hydrogen-bond donors (Lipinski definition) is 2. The first-order valence-electron chi connectivity index (χ1n) is 5.09. The second-order valence-corrected chi connectivity index (χ2v) is 3.58. The lowest BCUT2D eigenvalue weighted by Gasteiger charge is -2.10. The molecule has 0 radical (unpaired) electrons. The van der Waals surface area contributed by atoms with Crippen LogP contribution in [0.25, 0.3) is 0 Å². The lowest BCUT2D eigenvalue weighted by atomic mass is 10.1. The molecule has 2 N–H and O–H groups in total. The quantitative estimate of drug-likeness (QED) is 0.736. The van der Waals surface area contributed by atoms with E-state index in [0.29, 0.717) is 5.56 Å². The first-order valence-corrected chi connectivity index (χ1v) is 5.09. The van der Waals surface area contributed by atoms with E-state index in [1.165, 1.54) is 6.92 Å². The summed E-state index contributed by atoms with van der Waals surface area (Å²) in [6.07, 6.45) is 0. The summed E-state index contributed by atoms with van der Waals surface area (Å²) in [5.41, 5.74) is 0.431. The summed E-state index contributed by atoms with van der Waals surface area (Å²) in [5, 5.41) is 11.2. The molecular weight excluding hydrogens is 222 g/mol. The molecule has 5 nitrogen and oxygen atoms in total. The van der Waals surface area contributed by atoms with E-state index in [2.05, 4.69) is 5.32 Å². The highest BCUT2D eigenvalue weighted by molar-refractivity contribution is 5.99. The summed E-state index contributed by atoms with van der Waals surface area (Å²) in [6, 6.07) is 8.40. The molecule has 90 valence electrons. The van der Waals surface area contributed by atoms with Crippen LogP contribution < -0.4 is 5.32 Å². The number of ketones is 1. The predicted molar refractivity (Wildman–Crippen MR) is 60.6 cm³/mol.